The van der Waals surface area contributed by atoms with E-state index in [1.54, 1.807) is 0 Å². The average Bonchev–Trinajstić information content (AvgIpc) is 3.36. The Kier molecular flexibility index (Phi) is 58.3. The Balaban J connectivity index is 4.32. The van der Waals surface area contributed by atoms with E-state index in [4.69, 9.17) is 14.2 Å². The van der Waals surface area contributed by atoms with E-state index in [2.05, 4.69) is 93.7 Å². The van der Waals surface area contributed by atoms with Crippen molar-refractivity contribution in [2.24, 2.45) is 0 Å². The number of hydrogen-bond donors (Lipinski definition) is 0. The van der Waals surface area contributed by atoms with E-state index in [9.17, 15) is 9.59 Å². The Morgan fingerprint density at radius 2 is 0.643 bits per heavy atom. The Hall–Kier alpha value is -2.66. The van der Waals surface area contributed by atoms with Gasteiger partial charge in [0.1, 0.15) is 6.61 Å². The van der Waals surface area contributed by atoms with E-state index in [1.165, 1.54) is 186 Å². The van der Waals surface area contributed by atoms with E-state index in [0.717, 1.165) is 83.5 Å². The third-order valence-corrected chi connectivity index (χ3v) is 13.2. The third-order valence-electron chi connectivity index (χ3n) is 13.2. The molecule has 406 valence electrons. The van der Waals surface area contributed by atoms with Crippen molar-refractivity contribution in [2.75, 3.05) is 19.8 Å². The van der Waals surface area contributed by atoms with E-state index < -0.39 is 6.10 Å². The highest BCUT2D eigenvalue weighted by atomic mass is 16.6. The second-order valence-corrected chi connectivity index (χ2v) is 20.2. The molecule has 0 rings (SSSR count). The second kappa shape index (κ2) is 60.6. The van der Waals surface area contributed by atoms with Crippen molar-refractivity contribution in [1.82, 2.24) is 0 Å². The molecule has 0 aliphatic rings. The highest BCUT2D eigenvalue weighted by molar-refractivity contribution is 5.70. The van der Waals surface area contributed by atoms with Gasteiger partial charge >= 0.3 is 11.9 Å². The average molecular weight is 978 g/mol. The highest BCUT2D eigenvalue weighted by Crippen LogP contribution is 2.16. The van der Waals surface area contributed by atoms with Gasteiger partial charge in [0.25, 0.3) is 0 Å². The van der Waals surface area contributed by atoms with Gasteiger partial charge in [-0.05, 0) is 89.9 Å². The number of ether oxygens (including phenoxy) is 3. The fourth-order valence-corrected chi connectivity index (χ4v) is 8.71. The highest BCUT2D eigenvalue weighted by Gasteiger charge is 2.17. The Bertz CT molecular complexity index is 1240. The Morgan fingerprint density at radius 3 is 1.06 bits per heavy atom. The van der Waals surface area contributed by atoms with Gasteiger partial charge in [-0.3, -0.25) is 9.59 Å². The van der Waals surface area contributed by atoms with Gasteiger partial charge in [0.15, 0.2) is 6.10 Å². The first-order valence-electron chi connectivity index (χ1n) is 30.5. The van der Waals surface area contributed by atoms with Gasteiger partial charge in [-0.15, -0.1) is 0 Å². The predicted octanol–water partition coefficient (Wildman–Crippen LogP) is 21.0. The number of esters is 2. The number of carbonyl (C=O) groups is 2. The first kappa shape index (κ1) is 67.3. The number of rotatable bonds is 56. The molecule has 0 aromatic carbocycles. The zero-order chi connectivity index (χ0) is 50.6. The van der Waals surface area contributed by atoms with Gasteiger partial charge in [-0.1, -0.05) is 273 Å². The molecule has 5 heteroatoms. The van der Waals surface area contributed by atoms with Crippen LogP contribution in [0.3, 0.4) is 0 Å². The largest absolute Gasteiger partial charge is 0.462 e. The molecule has 0 amide bonds. The molecular weight excluding hydrogens is 861 g/mol. The molecule has 0 fully saturated rings. The third kappa shape index (κ3) is 57.9. The Morgan fingerprint density at radius 1 is 0.329 bits per heavy atom. The molecule has 0 saturated carbocycles. The first-order chi connectivity index (χ1) is 34.6. The number of carbonyl (C=O) groups excluding carboxylic acids is 2. The Labute approximate surface area is 436 Å². The van der Waals surface area contributed by atoms with Gasteiger partial charge in [-0.25, -0.2) is 0 Å². The van der Waals surface area contributed by atoms with Crippen LogP contribution in [0, 0.1) is 0 Å². The van der Waals surface area contributed by atoms with Crippen LogP contribution in [0.15, 0.2) is 72.9 Å². The summed E-state index contributed by atoms with van der Waals surface area (Å²) < 4.78 is 17.5. The fourth-order valence-electron chi connectivity index (χ4n) is 8.71. The fraction of sp³-hybridized carbons (Fsp3) is 0.785. The summed E-state index contributed by atoms with van der Waals surface area (Å²) in [5.74, 6) is -0.424. The molecule has 0 heterocycles. The summed E-state index contributed by atoms with van der Waals surface area (Å²) in [5, 5.41) is 0. The van der Waals surface area contributed by atoms with Crippen molar-refractivity contribution in [1.29, 1.82) is 0 Å². The maximum atomic E-state index is 12.9. The lowest BCUT2D eigenvalue weighted by Gasteiger charge is -2.18. The van der Waals surface area contributed by atoms with Crippen molar-refractivity contribution in [2.45, 2.75) is 309 Å². The van der Waals surface area contributed by atoms with E-state index in [0.29, 0.717) is 19.4 Å². The summed E-state index contributed by atoms with van der Waals surface area (Å²) >= 11 is 0. The SMILES string of the molecule is CC/C=C\C/C=C\C/C=C\C/C=C\C/C=C\CCCCCC(=O)OCC(COCCCCCCCC/C=C\CCCCCCCC)OC(=O)CCCCCCCCCCCCCCCCCCCCC. The molecule has 1 atom stereocenters. The van der Waals surface area contributed by atoms with Crippen LogP contribution >= 0.6 is 0 Å². The quantitative estimate of drug-likeness (QED) is 0.0345. The summed E-state index contributed by atoms with van der Waals surface area (Å²) in [6.45, 7) is 7.71. The van der Waals surface area contributed by atoms with Crippen LogP contribution in [0.5, 0.6) is 0 Å². The van der Waals surface area contributed by atoms with Crippen LogP contribution in [0.4, 0.5) is 0 Å². The van der Waals surface area contributed by atoms with E-state index in [1.807, 2.05) is 0 Å². The zero-order valence-corrected chi connectivity index (χ0v) is 46.8. The van der Waals surface area contributed by atoms with Crippen LogP contribution in [-0.4, -0.2) is 37.9 Å². The maximum absolute atomic E-state index is 12.9. The summed E-state index contributed by atoms with van der Waals surface area (Å²) in [7, 11) is 0. The number of unbranched alkanes of at least 4 members (excludes halogenated alkanes) is 33. The number of allylic oxidation sites excluding steroid dienone is 12. The lowest BCUT2D eigenvalue weighted by molar-refractivity contribution is -0.163. The molecule has 0 aromatic rings. The number of hydrogen-bond acceptors (Lipinski definition) is 5. The van der Waals surface area contributed by atoms with Gasteiger partial charge in [0, 0.05) is 19.4 Å². The minimum atomic E-state index is -0.554. The van der Waals surface area contributed by atoms with Crippen molar-refractivity contribution in [3.05, 3.63) is 72.9 Å². The molecule has 0 saturated heterocycles. The van der Waals surface area contributed by atoms with Crippen molar-refractivity contribution >= 4 is 11.9 Å². The molecule has 0 radical (unpaired) electrons. The summed E-state index contributed by atoms with van der Waals surface area (Å²) in [4.78, 5) is 25.6. The molecule has 1 unspecified atom stereocenters. The molecule has 5 nitrogen and oxygen atoms in total. The first-order valence-corrected chi connectivity index (χ1v) is 30.5. The van der Waals surface area contributed by atoms with Crippen LogP contribution in [-0.2, 0) is 23.8 Å². The monoisotopic (exact) mass is 977 g/mol. The maximum Gasteiger partial charge on any atom is 0.306 e. The summed E-state index contributed by atoms with van der Waals surface area (Å²) in [6.07, 6.45) is 79.3. The molecule has 0 spiro atoms. The minimum absolute atomic E-state index is 0.0667. The zero-order valence-electron chi connectivity index (χ0n) is 46.8. The van der Waals surface area contributed by atoms with E-state index in [-0.39, 0.29) is 25.2 Å². The molecule has 0 bridgehead atoms. The molecular formula is C65H116O5. The van der Waals surface area contributed by atoms with Crippen LogP contribution < -0.4 is 0 Å². The topological polar surface area (TPSA) is 61.8 Å². The lowest BCUT2D eigenvalue weighted by atomic mass is 10.0. The molecule has 0 aliphatic heterocycles. The minimum Gasteiger partial charge on any atom is -0.462 e. The molecule has 0 aromatic heterocycles. The lowest BCUT2D eigenvalue weighted by Crippen LogP contribution is -2.30. The predicted molar refractivity (Wildman–Crippen MR) is 307 cm³/mol. The van der Waals surface area contributed by atoms with Crippen molar-refractivity contribution in [3.63, 3.8) is 0 Å². The molecule has 0 aliphatic carbocycles. The summed E-state index contributed by atoms with van der Waals surface area (Å²) in [5.41, 5.74) is 0. The van der Waals surface area contributed by atoms with Crippen molar-refractivity contribution in [3.8, 4) is 0 Å². The van der Waals surface area contributed by atoms with Gasteiger partial charge in [0.05, 0.1) is 6.61 Å². The van der Waals surface area contributed by atoms with Gasteiger partial charge < -0.3 is 14.2 Å². The molecule has 0 N–H and O–H groups in total. The normalized spacial score (nSPS) is 12.7. The van der Waals surface area contributed by atoms with E-state index >= 15 is 0 Å². The van der Waals surface area contributed by atoms with Crippen LogP contribution in [0.1, 0.15) is 303 Å². The van der Waals surface area contributed by atoms with Crippen LogP contribution in [0.2, 0.25) is 0 Å². The molecule has 70 heavy (non-hydrogen) atoms. The standard InChI is InChI=1S/C65H116O5/c1-4-7-10-13-16-19-22-25-28-31-33-35-37-40-43-46-49-52-55-58-64(66)69-62-63(61-68-60-57-54-51-48-45-42-39-30-27-24-21-18-15-12-9-6-3)70-65(67)59-56-53-50-47-44-41-38-36-34-32-29-26-23-20-17-14-11-8-5-2/h7,10,16,19,25,27-28,30,33,35,40,43,63H,4-6,8-9,11-15,17-18,20-24,26,29,31-32,34,36-39,41-42,44-62H2,1-3H3/b10-7-,19-16-,28-25-,30-27-,35-33-,43-40-. The van der Waals surface area contributed by atoms with Crippen molar-refractivity contribution < 1.29 is 23.8 Å². The van der Waals surface area contributed by atoms with Gasteiger partial charge in [0.2, 0.25) is 0 Å². The smallest absolute Gasteiger partial charge is 0.306 e. The summed E-state index contributed by atoms with van der Waals surface area (Å²) in [6, 6.07) is 0. The second-order valence-electron chi connectivity index (χ2n) is 20.2. The van der Waals surface area contributed by atoms with Crippen LogP contribution in [0.25, 0.3) is 0 Å². The van der Waals surface area contributed by atoms with Gasteiger partial charge in [-0.2, -0.15) is 0 Å².